The van der Waals surface area contributed by atoms with Gasteiger partial charge >= 0.3 is 0 Å². The van der Waals surface area contributed by atoms with Crippen LogP contribution in [0.1, 0.15) is 36.8 Å². The van der Waals surface area contributed by atoms with E-state index in [0.717, 1.165) is 18.4 Å². The number of halogens is 1. The van der Waals surface area contributed by atoms with Gasteiger partial charge in [-0.3, -0.25) is 0 Å². The summed E-state index contributed by atoms with van der Waals surface area (Å²) in [4.78, 5) is 8.88. The summed E-state index contributed by atoms with van der Waals surface area (Å²) in [6.07, 6.45) is 8.72. The van der Waals surface area contributed by atoms with E-state index in [1.807, 2.05) is 18.2 Å². The summed E-state index contributed by atoms with van der Waals surface area (Å²) in [5.74, 6) is 0.374. The van der Waals surface area contributed by atoms with Crippen LogP contribution < -0.4 is 10.6 Å². The van der Waals surface area contributed by atoms with Crippen molar-refractivity contribution >= 4 is 27.6 Å². The van der Waals surface area contributed by atoms with E-state index in [2.05, 4.69) is 31.8 Å². The Hall–Kier alpha value is -3.08. The minimum Gasteiger partial charge on any atom is -0.393 e. The molecular formula is C25H29ClN8O3S. The minimum atomic E-state index is -3.20. The zero-order valence-electron chi connectivity index (χ0n) is 20.9. The van der Waals surface area contributed by atoms with E-state index in [1.54, 1.807) is 17.1 Å². The standard InChI is InChI=1S/C25H29ClN8O3S/c1-38(36,37)33-6-4-19(5-7-33)31-25-29-13-17(11-27)24(32-25)18-14-30-34(15-18)23-3-2-16(8-22(23)26)12-28-20-9-21(35)10-20/h2-3,8,13-15,19-21,28,35H,4-7,9-10,12H2,1H3,(H,29,31,32)/t20-,21+. The van der Waals surface area contributed by atoms with Gasteiger partial charge in [0.05, 0.1) is 46.7 Å². The fraction of sp³-hybridized carbons (Fsp3) is 0.440. The maximum atomic E-state index is 11.8. The highest BCUT2D eigenvalue weighted by Crippen LogP contribution is 2.27. The second-order valence-electron chi connectivity index (χ2n) is 9.81. The molecule has 2 aliphatic rings. The van der Waals surface area contributed by atoms with Crippen molar-refractivity contribution in [2.24, 2.45) is 0 Å². The Kier molecular flexibility index (Phi) is 7.65. The van der Waals surface area contributed by atoms with Crippen molar-refractivity contribution in [2.75, 3.05) is 24.7 Å². The maximum Gasteiger partial charge on any atom is 0.223 e. The smallest absolute Gasteiger partial charge is 0.223 e. The van der Waals surface area contributed by atoms with E-state index < -0.39 is 10.0 Å². The molecule has 2 fully saturated rings. The summed E-state index contributed by atoms with van der Waals surface area (Å²) in [5.41, 5.74) is 3.14. The van der Waals surface area contributed by atoms with Crippen LogP contribution in [0.25, 0.3) is 16.9 Å². The van der Waals surface area contributed by atoms with Gasteiger partial charge in [-0.1, -0.05) is 17.7 Å². The molecule has 3 N–H and O–H groups in total. The van der Waals surface area contributed by atoms with Crippen LogP contribution >= 0.6 is 11.6 Å². The monoisotopic (exact) mass is 556 g/mol. The second kappa shape index (κ2) is 11.0. The maximum absolute atomic E-state index is 11.8. The summed E-state index contributed by atoms with van der Waals surface area (Å²) in [6, 6.07) is 8.26. The van der Waals surface area contributed by atoms with Crippen LogP contribution in [0.2, 0.25) is 5.02 Å². The van der Waals surface area contributed by atoms with Crippen LogP contribution in [0.3, 0.4) is 0 Å². The molecule has 200 valence electrons. The van der Waals surface area contributed by atoms with Crippen LogP contribution in [0.4, 0.5) is 5.95 Å². The minimum absolute atomic E-state index is 0.0256. The molecule has 1 aliphatic carbocycles. The van der Waals surface area contributed by atoms with E-state index >= 15 is 0 Å². The van der Waals surface area contributed by atoms with Crippen LogP contribution in [0.15, 0.2) is 36.8 Å². The molecule has 1 aliphatic heterocycles. The van der Waals surface area contributed by atoms with E-state index in [-0.39, 0.29) is 12.1 Å². The summed E-state index contributed by atoms with van der Waals surface area (Å²) in [5, 5.41) is 30.8. The predicted molar refractivity (Wildman–Crippen MR) is 143 cm³/mol. The van der Waals surface area contributed by atoms with Crippen molar-refractivity contribution in [1.82, 2.24) is 29.4 Å². The second-order valence-corrected chi connectivity index (χ2v) is 12.2. The topological polar surface area (TPSA) is 149 Å². The summed E-state index contributed by atoms with van der Waals surface area (Å²) in [6.45, 7) is 1.54. The van der Waals surface area contributed by atoms with E-state index in [4.69, 9.17) is 11.6 Å². The van der Waals surface area contributed by atoms with Crippen molar-refractivity contribution < 1.29 is 13.5 Å². The molecule has 0 atom stereocenters. The molecule has 38 heavy (non-hydrogen) atoms. The van der Waals surface area contributed by atoms with Crippen molar-refractivity contribution in [1.29, 1.82) is 5.26 Å². The van der Waals surface area contributed by atoms with E-state index in [0.29, 0.717) is 72.0 Å². The lowest BCUT2D eigenvalue weighted by Gasteiger charge is -2.32. The Morgan fingerprint density at radius 1 is 1.21 bits per heavy atom. The highest BCUT2D eigenvalue weighted by Gasteiger charge is 2.27. The van der Waals surface area contributed by atoms with Crippen molar-refractivity contribution in [3.8, 4) is 23.0 Å². The van der Waals surface area contributed by atoms with Crippen molar-refractivity contribution in [3.63, 3.8) is 0 Å². The molecule has 0 spiro atoms. The van der Waals surface area contributed by atoms with Gasteiger partial charge in [0, 0.05) is 43.5 Å². The normalized spacial score (nSPS) is 20.6. The molecular weight excluding hydrogens is 528 g/mol. The molecule has 13 heteroatoms. The summed E-state index contributed by atoms with van der Waals surface area (Å²) >= 11 is 6.58. The number of rotatable bonds is 8. The number of aromatic nitrogens is 4. The van der Waals surface area contributed by atoms with Gasteiger partial charge < -0.3 is 15.7 Å². The van der Waals surface area contributed by atoms with Gasteiger partial charge in [0.2, 0.25) is 16.0 Å². The van der Waals surface area contributed by atoms with Gasteiger partial charge in [-0.15, -0.1) is 0 Å². The van der Waals surface area contributed by atoms with Gasteiger partial charge in [0.1, 0.15) is 6.07 Å². The zero-order valence-corrected chi connectivity index (χ0v) is 22.5. The van der Waals surface area contributed by atoms with Crippen LogP contribution in [0.5, 0.6) is 0 Å². The summed E-state index contributed by atoms with van der Waals surface area (Å²) < 4.78 is 26.7. The lowest BCUT2D eigenvalue weighted by atomic mass is 9.89. The van der Waals surface area contributed by atoms with Gasteiger partial charge in [-0.25, -0.2) is 27.4 Å². The molecule has 1 saturated heterocycles. The first-order valence-electron chi connectivity index (χ1n) is 12.4. The van der Waals surface area contributed by atoms with Gasteiger partial charge in [0.15, 0.2) is 0 Å². The third kappa shape index (κ3) is 5.98. The van der Waals surface area contributed by atoms with Crippen molar-refractivity contribution in [2.45, 2.75) is 50.4 Å². The lowest BCUT2D eigenvalue weighted by molar-refractivity contribution is 0.0619. The number of piperidine rings is 1. The number of nitrogens with one attached hydrogen (secondary N) is 2. The molecule has 0 unspecified atom stereocenters. The SMILES string of the molecule is CS(=O)(=O)N1CCC(Nc2ncc(C#N)c(-c3cnn(-c4ccc(CN[C@H]5C[C@@H](O)C5)cc4Cl)c3)n2)CC1. The van der Waals surface area contributed by atoms with Gasteiger partial charge in [-0.05, 0) is 43.4 Å². The molecule has 1 aromatic carbocycles. The molecule has 0 amide bonds. The molecule has 1 saturated carbocycles. The van der Waals surface area contributed by atoms with Crippen molar-refractivity contribution in [3.05, 3.63) is 52.9 Å². The number of nitrogens with zero attached hydrogens (tertiary/aromatic N) is 6. The lowest BCUT2D eigenvalue weighted by Crippen LogP contribution is -2.43. The Bertz CT molecular complexity index is 1460. The fourth-order valence-electron chi connectivity index (χ4n) is 4.71. The highest BCUT2D eigenvalue weighted by molar-refractivity contribution is 7.88. The Morgan fingerprint density at radius 2 is 1.97 bits per heavy atom. The highest BCUT2D eigenvalue weighted by atomic mass is 35.5. The largest absolute Gasteiger partial charge is 0.393 e. The third-order valence-corrected chi connectivity index (χ3v) is 8.59. The number of benzene rings is 1. The molecule has 5 rings (SSSR count). The van der Waals surface area contributed by atoms with Crippen LogP contribution in [0, 0.1) is 11.3 Å². The molecule has 11 nitrogen and oxygen atoms in total. The zero-order chi connectivity index (χ0) is 26.9. The Balaban J connectivity index is 1.29. The van der Waals surface area contributed by atoms with Crippen LogP contribution in [-0.2, 0) is 16.6 Å². The number of nitriles is 1. The first-order valence-corrected chi connectivity index (χ1v) is 14.7. The number of hydrogen-bond donors (Lipinski definition) is 3. The first kappa shape index (κ1) is 26.5. The fourth-order valence-corrected chi connectivity index (χ4v) is 5.87. The van der Waals surface area contributed by atoms with E-state index in [9.17, 15) is 18.8 Å². The average Bonchev–Trinajstić information content (AvgIpc) is 3.35. The number of aliphatic hydroxyl groups excluding tert-OH is 1. The first-order chi connectivity index (χ1) is 18.2. The van der Waals surface area contributed by atoms with E-state index in [1.165, 1.54) is 16.8 Å². The van der Waals surface area contributed by atoms with Gasteiger partial charge in [0.25, 0.3) is 0 Å². The predicted octanol–water partition coefficient (Wildman–Crippen LogP) is 2.30. The molecule has 3 heterocycles. The van der Waals surface area contributed by atoms with Crippen LogP contribution in [-0.4, -0.2) is 75.1 Å². The molecule has 3 aromatic rings. The number of sulfonamides is 1. The molecule has 0 bridgehead atoms. The quantitative estimate of drug-likeness (QED) is 0.380. The number of hydrogen-bond acceptors (Lipinski definition) is 9. The number of aliphatic hydroxyl groups is 1. The van der Waals surface area contributed by atoms with Gasteiger partial charge in [-0.2, -0.15) is 10.4 Å². The number of anilines is 1. The molecule has 2 aromatic heterocycles. The third-order valence-electron chi connectivity index (χ3n) is 6.99. The summed E-state index contributed by atoms with van der Waals surface area (Å²) in [7, 11) is -3.20. The Morgan fingerprint density at radius 3 is 2.63 bits per heavy atom. The Labute approximate surface area is 226 Å². The average molecular weight is 557 g/mol. The molecule has 0 radical (unpaired) electrons.